The summed E-state index contributed by atoms with van der Waals surface area (Å²) in [6.07, 6.45) is 4.77. The van der Waals surface area contributed by atoms with Crippen molar-refractivity contribution in [3.63, 3.8) is 0 Å². The number of ether oxygens (including phenoxy) is 2. The summed E-state index contributed by atoms with van der Waals surface area (Å²) in [6, 6.07) is 5.17. The minimum atomic E-state index is -0.175. The van der Waals surface area contributed by atoms with Crippen LogP contribution in [0.4, 0.5) is 10.5 Å². The van der Waals surface area contributed by atoms with Crippen molar-refractivity contribution in [3.05, 3.63) is 18.2 Å². The molecule has 0 radical (unpaired) electrons. The molecular weight excluding hydrogens is 334 g/mol. The van der Waals surface area contributed by atoms with Gasteiger partial charge < -0.3 is 24.6 Å². The molecule has 7 heteroatoms. The van der Waals surface area contributed by atoms with E-state index in [9.17, 15) is 9.59 Å². The Morgan fingerprint density at radius 1 is 1.08 bits per heavy atom. The van der Waals surface area contributed by atoms with Crippen LogP contribution in [-0.4, -0.2) is 56.7 Å². The number of nitrogens with one attached hydrogen (secondary N) is 1. The normalized spacial score (nSPS) is 20.7. The number of methoxy groups -OCH3 is 2. The summed E-state index contributed by atoms with van der Waals surface area (Å²) >= 11 is 0. The first-order valence-electron chi connectivity index (χ1n) is 9.20. The lowest BCUT2D eigenvalue weighted by atomic mass is 10.2. The molecule has 1 aromatic carbocycles. The van der Waals surface area contributed by atoms with Gasteiger partial charge in [0.2, 0.25) is 5.91 Å². The monoisotopic (exact) mass is 361 g/mol. The van der Waals surface area contributed by atoms with Crippen molar-refractivity contribution in [2.45, 2.75) is 38.1 Å². The lowest BCUT2D eigenvalue weighted by Crippen LogP contribution is -2.46. The third kappa shape index (κ3) is 4.03. The Labute approximate surface area is 154 Å². The van der Waals surface area contributed by atoms with Gasteiger partial charge in [0.1, 0.15) is 0 Å². The van der Waals surface area contributed by atoms with E-state index >= 15 is 0 Å². The molecule has 0 saturated carbocycles. The first-order valence-corrected chi connectivity index (χ1v) is 9.20. The summed E-state index contributed by atoms with van der Waals surface area (Å²) in [5.74, 6) is 1.20. The number of benzene rings is 1. The summed E-state index contributed by atoms with van der Waals surface area (Å²) in [6.45, 7) is 2.06. The molecule has 1 N–H and O–H groups in total. The minimum absolute atomic E-state index is 0.00149. The topological polar surface area (TPSA) is 71.1 Å². The van der Waals surface area contributed by atoms with Gasteiger partial charge in [0.15, 0.2) is 11.5 Å². The largest absolute Gasteiger partial charge is 0.493 e. The van der Waals surface area contributed by atoms with E-state index in [2.05, 4.69) is 5.32 Å². The SMILES string of the molecule is COc1ccc(N2CC(NC(=O)N3CCCCCC3)CC2=O)cc1OC. The third-order valence-electron chi connectivity index (χ3n) is 5.02. The van der Waals surface area contributed by atoms with Gasteiger partial charge in [0.25, 0.3) is 0 Å². The number of rotatable bonds is 4. The van der Waals surface area contributed by atoms with E-state index in [1.54, 1.807) is 31.3 Å². The quantitative estimate of drug-likeness (QED) is 0.894. The number of urea groups is 1. The molecule has 0 aliphatic carbocycles. The Bertz CT molecular complexity index is 656. The van der Waals surface area contributed by atoms with Crippen molar-refractivity contribution in [2.24, 2.45) is 0 Å². The number of anilines is 1. The highest BCUT2D eigenvalue weighted by Crippen LogP contribution is 2.33. The lowest BCUT2D eigenvalue weighted by Gasteiger charge is -2.23. The molecule has 7 nitrogen and oxygen atoms in total. The average molecular weight is 361 g/mol. The Hall–Kier alpha value is -2.44. The summed E-state index contributed by atoms with van der Waals surface area (Å²) in [5, 5.41) is 3.03. The summed E-state index contributed by atoms with van der Waals surface area (Å²) in [7, 11) is 3.14. The van der Waals surface area contributed by atoms with Crippen molar-refractivity contribution >= 4 is 17.6 Å². The number of likely N-dealkylation sites (tertiary alicyclic amines) is 1. The first-order chi connectivity index (χ1) is 12.6. The molecule has 3 rings (SSSR count). The number of carbonyl (C=O) groups is 2. The van der Waals surface area contributed by atoms with Crippen molar-refractivity contribution in [2.75, 3.05) is 38.8 Å². The molecule has 1 unspecified atom stereocenters. The van der Waals surface area contributed by atoms with Crippen molar-refractivity contribution in [3.8, 4) is 11.5 Å². The standard InChI is InChI=1S/C19H27N3O4/c1-25-16-8-7-15(12-17(16)26-2)22-13-14(11-18(22)23)20-19(24)21-9-5-3-4-6-10-21/h7-8,12,14H,3-6,9-11,13H2,1-2H3,(H,20,24). The van der Waals surface area contributed by atoms with Crippen LogP contribution in [0.25, 0.3) is 0 Å². The molecule has 1 aromatic rings. The second-order valence-electron chi connectivity index (χ2n) is 6.80. The third-order valence-corrected chi connectivity index (χ3v) is 5.02. The Morgan fingerprint density at radius 2 is 1.77 bits per heavy atom. The molecule has 2 fully saturated rings. The van der Waals surface area contributed by atoms with Gasteiger partial charge in [-0.3, -0.25) is 4.79 Å². The van der Waals surface area contributed by atoms with Crippen molar-refractivity contribution in [1.29, 1.82) is 0 Å². The highest BCUT2D eigenvalue weighted by atomic mass is 16.5. The minimum Gasteiger partial charge on any atom is -0.493 e. The molecule has 2 saturated heterocycles. The van der Waals surface area contributed by atoms with Crippen LogP contribution >= 0.6 is 0 Å². The second-order valence-corrected chi connectivity index (χ2v) is 6.80. The number of nitrogens with zero attached hydrogens (tertiary/aromatic N) is 2. The molecule has 142 valence electrons. The van der Waals surface area contributed by atoms with Crippen LogP contribution in [0.2, 0.25) is 0 Å². The highest BCUT2D eigenvalue weighted by molar-refractivity contribution is 5.97. The van der Waals surface area contributed by atoms with Gasteiger partial charge in [-0.05, 0) is 25.0 Å². The fraction of sp³-hybridized carbons (Fsp3) is 0.579. The Balaban J connectivity index is 1.64. The molecule has 26 heavy (non-hydrogen) atoms. The van der Waals surface area contributed by atoms with Gasteiger partial charge >= 0.3 is 6.03 Å². The molecule has 2 aliphatic heterocycles. The fourth-order valence-electron chi connectivity index (χ4n) is 3.59. The first kappa shape index (κ1) is 18.4. The maximum atomic E-state index is 12.5. The van der Waals surface area contributed by atoms with Crippen LogP contribution < -0.4 is 19.7 Å². The highest BCUT2D eigenvalue weighted by Gasteiger charge is 2.33. The fourth-order valence-corrected chi connectivity index (χ4v) is 3.59. The van der Waals surface area contributed by atoms with Crippen molar-refractivity contribution in [1.82, 2.24) is 10.2 Å². The van der Waals surface area contributed by atoms with E-state index in [0.717, 1.165) is 31.6 Å². The molecule has 0 spiro atoms. The number of hydrogen-bond donors (Lipinski definition) is 1. The van der Waals surface area contributed by atoms with Gasteiger partial charge in [-0.25, -0.2) is 4.79 Å². The van der Waals surface area contributed by atoms with Gasteiger partial charge in [-0.1, -0.05) is 12.8 Å². The van der Waals surface area contributed by atoms with E-state index in [-0.39, 0.29) is 18.0 Å². The summed E-state index contributed by atoms with van der Waals surface area (Å²) in [4.78, 5) is 28.5. The van der Waals surface area contributed by atoms with E-state index < -0.39 is 0 Å². The van der Waals surface area contributed by atoms with Crippen molar-refractivity contribution < 1.29 is 19.1 Å². The molecular formula is C19H27N3O4. The van der Waals surface area contributed by atoms with Gasteiger partial charge in [0.05, 0.1) is 20.3 Å². The zero-order valence-corrected chi connectivity index (χ0v) is 15.5. The maximum absolute atomic E-state index is 12.5. The molecule has 3 amide bonds. The maximum Gasteiger partial charge on any atom is 0.317 e. The van der Waals surface area contributed by atoms with Crippen LogP contribution in [0, 0.1) is 0 Å². The Kier molecular flexibility index (Phi) is 5.85. The summed E-state index contributed by atoms with van der Waals surface area (Å²) < 4.78 is 10.6. The van der Waals surface area contributed by atoms with Crippen LogP contribution in [-0.2, 0) is 4.79 Å². The van der Waals surface area contributed by atoms with E-state index in [1.807, 2.05) is 11.0 Å². The van der Waals surface area contributed by atoms with Gasteiger partial charge in [-0.15, -0.1) is 0 Å². The smallest absolute Gasteiger partial charge is 0.317 e. The predicted octanol–water partition coefficient (Wildman–Crippen LogP) is 2.39. The van der Waals surface area contributed by atoms with Crippen LogP contribution in [0.1, 0.15) is 32.1 Å². The van der Waals surface area contributed by atoms with Crippen LogP contribution in [0.5, 0.6) is 11.5 Å². The zero-order valence-electron chi connectivity index (χ0n) is 15.5. The summed E-state index contributed by atoms with van der Waals surface area (Å²) in [5.41, 5.74) is 0.749. The predicted molar refractivity (Wildman–Crippen MR) is 98.9 cm³/mol. The molecule has 2 aliphatic rings. The molecule has 0 aromatic heterocycles. The lowest BCUT2D eigenvalue weighted by molar-refractivity contribution is -0.117. The molecule has 2 heterocycles. The molecule has 1 atom stereocenters. The van der Waals surface area contributed by atoms with Gasteiger partial charge in [0, 0.05) is 37.8 Å². The van der Waals surface area contributed by atoms with Crippen LogP contribution in [0.15, 0.2) is 18.2 Å². The van der Waals surface area contributed by atoms with E-state index in [1.165, 1.54) is 12.8 Å². The molecule has 0 bridgehead atoms. The number of amides is 3. The van der Waals surface area contributed by atoms with Crippen LogP contribution in [0.3, 0.4) is 0 Å². The van der Waals surface area contributed by atoms with E-state index in [0.29, 0.717) is 24.5 Å². The average Bonchev–Trinajstić information content (AvgIpc) is 2.86. The van der Waals surface area contributed by atoms with E-state index in [4.69, 9.17) is 9.47 Å². The Morgan fingerprint density at radius 3 is 2.42 bits per heavy atom. The number of hydrogen-bond acceptors (Lipinski definition) is 4. The zero-order chi connectivity index (χ0) is 18.5. The number of carbonyl (C=O) groups excluding carboxylic acids is 2. The van der Waals surface area contributed by atoms with Gasteiger partial charge in [-0.2, -0.15) is 0 Å². The second kappa shape index (κ2) is 8.29.